The highest BCUT2D eigenvalue weighted by Crippen LogP contribution is 2.40. The van der Waals surface area contributed by atoms with Gasteiger partial charge in [-0.3, -0.25) is 0 Å². The van der Waals surface area contributed by atoms with Gasteiger partial charge >= 0.3 is 30.3 Å². The van der Waals surface area contributed by atoms with Crippen LogP contribution in [0.1, 0.15) is 70.7 Å². The maximum Gasteiger partial charge on any atom is 0.516 e. The lowest BCUT2D eigenvalue weighted by Gasteiger charge is -2.37. The normalized spacial score (nSPS) is 19.9. The molecule has 0 radical (unpaired) electrons. The molecule has 2 saturated heterocycles. The second kappa shape index (κ2) is 18.3. The fraction of sp³-hybridized carbons (Fsp3) is 0.341. The van der Waals surface area contributed by atoms with Crippen molar-refractivity contribution in [1.82, 2.24) is 9.80 Å². The van der Waals surface area contributed by atoms with Gasteiger partial charge in [0.1, 0.15) is 12.2 Å². The van der Waals surface area contributed by atoms with Crippen LogP contribution >= 0.6 is 0 Å². The van der Waals surface area contributed by atoms with Gasteiger partial charge in [-0.15, -0.1) is 0 Å². The number of benzene rings is 4. The monoisotopic (exact) mass is 778 g/mol. The van der Waals surface area contributed by atoms with E-state index in [0.29, 0.717) is 24.0 Å². The molecule has 13 heteroatoms. The van der Waals surface area contributed by atoms with E-state index in [1.54, 1.807) is 60.0 Å². The summed E-state index contributed by atoms with van der Waals surface area (Å²) >= 11 is 0. The standard InChI is InChI=1S/C44H46N2O11/c1-5-52-42(50)54-39(47)33-21-13-19-31(23-33)27-45-35(25-29-15-9-7-10-16-29)37-38(57-44(3,4)56-37)36(26-30-17-11-8-12-18-30)46(41(45)49)28-32-20-14-22-34(24-32)40(48)55-43(51)53-6-2/h7-24,35-38H,5-6,25-28H2,1-4H3/t35-,36-,37+,38+/m1/s1. The van der Waals surface area contributed by atoms with Crippen LogP contribution in [0.3, 0.4) is 0 Å². The number of hydrogen-bond donors (Lipinski definition) is 0. The maximum atomic E-state index is 15.5. The number of rotatable bonds is 12. The lowest BCUT2D eigenvalue weighted by molar-refractivity contribution is -0.157. The van der Waals surface area contributed by atoms with E-state index < -0.39 is 54.3 Å². The topological polar surface area (TPSA) is 147 Å². The molecule has 57 heavy (non-hydrogen) atoms. The molecule has 0 saturated carbocycles. The van der Waals surface area contributed by atoms with Gasteiger partial charge in [0.05, 0.1) is 36.4 Å². The number of carbonyl (C=O) groups is 5. The Hall–Kier alpha value is -6.05. The van der Waals surface area contributed by atoms with Crippen LogP contribution in [-0.2, 0) is 54.4 Å². The van der Waals surface area contributed by atoms with E-state index in [1.165, 1.54) is 12.1 Å². The molecule has 0 aliphatic carbocycles. The number of hydrogen-bond acceptors (Lipinski definition) is 11. The average molecular weight is 779 g/mol. The van der Waals surface area contributed by atoms with Crippen LogP contribution in [0.5, 0.6) is 0 Å². The van der Waals surface area contributed by atoms with Crippen molar-refractivity contribution in [3.8, 4) is 0 Å². The third-order valence-corrected chi connectivity index (χ3v) is 9.70. The molecule has 2 aliphatic rings. The van der Waals surface area contributed by atoms with Crippen LogP contribution < -0.4 is 0 Å². The molecule has 4 aromatic rings. The molecule has 2 heterocycles. The number of carbonyl (C=O) groups excluding carboxylic acids is 5. The Morgan fingerprint density at radius 1 is 0.579 bits per heavy atom. The molecule has 2 amide bonds. The van der Waals surface area contributed by atoms with Gasteiger partial charge in [-0.25, -0.2) is 24.0 Å². The number of ether oxygens (including phenoxy) is 6. The van der Waals surface area contributed by atoms with Crippen LogP contribution in [0.2, 0.25) is 0 Å². The third kappa shape index (κ3) is 10.2. The molecule has 6 rings (SSSR count). The van der Waals surface area contributed by atoms with E-state index in [4.69, 9.17) is 28.4 Å². The first-order chi connectivity index (χ1) is 27.4. The summed E-state index contributed by atoms with van der Waals surface area (Å²) in [5.41, 5.74) is 3.35. The van der Waals surface area contributed by atoms with Gasteiger partial charge in [-0.1, -0.05) is 84.9 Å². The van der Waals surface area contributed by atoms with Crippen molar-refractivity contribution in [1.29, 1.82) is 0 Å². The zero-order valence-corrected chi connectivity index (χ0v) is 32.3. The van der Waals surface area contributed by atoms with Gasteiger partial charge in [-0.2, -0.15) is 0 Å². The number of nitrogens with zero attached hydrogens (tertiary/aromatic N) is 2. The first-order valence-corrected chi connectivity index (χ1v) is 18.9. The fourth-order valence-corrected chi connectivity index (χ4v) is 7.30. The zero-order chi connectivity index (χ0) is 40.5. The van der Waals surface area contributed by atoms with Crippen LogP contribution in [0.15, 0.2) is 109 Å². The van der Waals surface area contributed by atoms with E-state index in [1.807, 2.05) is 74.5 Å². The Kier molecular flexibility index (Phi) is 13.0. The van der Waals surface area contributed by atoms with E-state index in [0.717, 1.165) is 11.1 Å². The largest absolute Gasteiger partial charge is 0.516 e. The van der Waals surface area contributed by atoms with E-state index in [2.05, 4.69) is 0 Å². The predicted molar refractivity (Wildman–Crippen MR) is 206 cm³/mol. The summed E-state index contributed by atoms with van der Waals surface area (Å²) in [7, 11) is 0. The summed E-state index contributed by atoms with van der Waals surface area (Å²) in [6.07, 6.45) is -2.60. The van der Waals surface area contributed by atoms with Crippen LogP contribution in [-0.4, -0.2) is 83.4 Å². The quantitative estimate of drug-likeness (QED) is 0.104. The Labute approximate surface area is 331 Å². The predicted octanol–water partition coefficient (Wildman–Crippen LogP) is 7.49. The van der Waals surface area contributed by atoms with Crippen LogP contribution in [0.25, 0.3) is 0 Å². The Morgan fingerprint density at radius 3 is 1.35 bits per heavy atom. The minimum absolute atomic E-state index is 0.0422. The first-order valence-electron chi connectivity index (χ1n) is 18.9. The van der Waals surface area contributed by atoms with Gasteiger partial charge in [0.2, 0.25) is 0 Å². The number of urea groups is 1. The molecule has 0 aromatic heterocycles. The highest BCUT2D eigenvalue weighted by molar-refractivity contribution is 5.96. The molecule has 0 N–H and O–H groups in total. The molecule has 4 atom stereocenters. The summed E-state index contributed by atoms with van der Waals surface area (Å²) in [6.45, 7) is 7.09. The summed E-state index contributed by atoms with van der Waals surface area (Å²) in [4.78, 5) is 68.8. The lowest BCUT2D eigenvalue weighted by Crippen LogP contribution is -2.51. The zero-order valence-electron chi connectivity index (χ0n) is 32.3. The minimum atomic E-state index is -1.11. The molecule has 4 aromatic carbocycles. The number of esters is 2. The molecule has 2 fully saturated rings. The van der Waals surface area contributed by atoms with E-state index in [9.17, 15) is 19.2 Å². The highest BCUT2D eigenvalue weighted by atomic mass is 16.8. The molecule has 13 nitrogen and oxygen atoms in total. The maximum absolute atomic E-state index is 15.5. The van der Waals surface area contributed by atoms with Crippen molar-refractivity contribution in [2.45, 2.75) is 83.7 Å². The molecule has 2 aliphatic heterocycles. The van der Waals surface area contributed by atoms with E-state index >= 15 is 4.79 Å². The van der Waals surface area contributed by atoms with Gasteiger partial charge in [-0.05, 0) is 87.1 Å². The van der Waals surface area contributed by atoms with Crippen molar-refractivity contribution in [3.63, 3.8) is 0 Å². The van der Waals surface area contributed by atoms with Crippen molar-refractivity contribution in [3.05, 3.63) is 143 Å². The Balaban J connectivity index is 1.44. The minimum Gasteiger partial charge on any atom is -0.434 e. The first kappa shape index (κ1) is 40.6. The molecular formula is C44H46N2O11. The Morgan fingerprint density at radius 2 is 0.965 bits per heavy atom. The smallest absolute Gasteiger partial charge is 0.434 e. The summed E-state index contributed by atoms with van der Waals surface area (Å²) < 4.78 is 32.9. The van der Waals surface area contributed by atoms with Crippen LogP contribution in [0.4, 0.5) is 14.4 Å². The Bertz CT molecular complexity index is 1910. The third-order valence-electron chi connectivity index (χ3n) is 9.70. The van der Waals surface area contributed by atoms with E-state index in [-0.39, 0.29) is 43.5 Å². The van der Waals surface area contributed by atoms with Gasteiger partial charge < -0.3 is 38.2 Å². The second-order valence-electron chi connectivity index (χ2n) is 14.2. The van der Waals surface area contributed by atoms with Crippen LogP contribution in [0, 0.1) is 0 Å². The van der Waals surface area contributed by atoms with Gasteiger partial charge in [0.25, 0.3) is 0 Å². The van der Waals surface area contributed by atoms with Crippen molar-refractivity contribution in [2.75, 3.05) is 13.2 Å². The van der Waals surface area contributed by atoms with Crippen molar-refractivity contribution in [2.24, 2.45) is 0 Å². The average Bonchev–Trinajstić information content (AvgIpc) is 3.50. The SMILES string of the molecule is CCOC(=O)OC(=O)c1cccc(CN2C(=O)N(Cc3cccc(C(=O)OC(=O)OCC)c3)[C@H](Cc3ccccc3)[C@@H]3OC(C)(C)O[C@H]3[C@H]2Cc2ccccc2)c1. The molecule has 0 spiro atoms. The summed E-state index contributed by atoms with van der Waals surface area (Å²) in [6, 6.07) is 31.2. The fourth-order valence-electron chi connectivity index (χ4n) is 7.30. The molecular weight excluding hydrogens is 732 g/mol. The number of fused-ring (bicyclic) bond motifs is 1. The second-order valence-corrected chi connectivity index (χ2v) is 14.2. The van der Waals surface area contributed by atoms with Gasteiger partial charge in [0, 0.05) is 13.1 Å². The lowest BCUT2D eigenvalue weighted by atomic mass is 9.91. The summed E-state index contributed by atoms with van der Waals surface area (Å²) in [5, 5.41) is 0. The number of amides is 2. The molecule has 298 valence electrons. The highest BCUT2D eigenvalue weighted by Gasteiger charge is 2.55. The molecule has 0 unspecified atom stereocenters. The van der Waals surface area contributed by atoms with Gasteiger partial charge in [0.15, 0.2) is 5.79 Å². The van der Waals surface area contributed by atoms with Crippen molar-refractivity contribution < 1.29 is 52.4 Å². The van der Waals surface area contributed by atoms with Crippen molar-refractivity contribution >= 4 is 30.3 Å². The molecule has 0 bridgehead atoms. The summed E-state index contributed by atoms with van der Waals surface area (Å²) in [5.74, 6) is -2.79.